The Bertz CT molecular complexity index is 1020. The van der Waals surface area contributed by atoms with Crippen molar-refractivity contribution in [3.05, 3.63) is 65.7 Å². The van der Waals surface area contributed by atoms with Gasteiger partial charge in [0.15, 0.2) is 5.11 Å². The second-order valence-corrected chi connectivity index (χ2v) is 9.43. The molecule has 0 heterocycles. The highest BCUT2D eigenvalue weighted by molar-refractivity contribution is 7.80. The van der Waals surface area contributed by atoms with Gasteiger partial charge in [0, 0.05) is 18.9 Å². The Morgan fingerprint density at radius 1 is 0.889 bits per heavy atom. The fourth-order valence-electron chi connectivity index (χ4n) is 4.22. The molecule has 1 saturated carbocycles. The van der Waals surface area contributed by atoms with Crippen LogP contribution < -0.4 is 16.0 Å². The number of nitrogens with one attached hydrogen (secondary N) is 3. The summed E-state index contributed by atoms with van der Waals surface area (Å²) in [7, 11) is 0. The van der Waals surface area contributed by atoms with Crippen LogP contribution in [0.15, 0.2) is 54.6 Å². The van der Waals surface area contributed by atoms with E-state index in [0.717, 1.165) is 38.5 Å². The minimum absolute atomic E-state index is 0.112. The summed E-state index contributed by atoms with van der Waals surface area (Å²) in [5.74, 6) is -0.760. The van der Waals surface area contributed by atoms with Crippen molar-refractivity contribution >= 4 is 40.8 Å². The van der Waals surface area contributed by atoms with Gasteiger partial charge in [-0.05, 0) is 62.0 Å². The number of thiocarbonyl (C=S) groups is 1. The molecule has 0 unspecified atom stereocenters. The average Bonchev–Trinajstić information content (AvgIpc) is 2.88. The SMILES string of the molecule is O=C(CCCC(=O)OCCCc1ccccc1)NC(=S)Nc1ccccc1C(=O)NC1CCCCC1. The smallest absolute Gasteiger partial charge is 0.305 e. The first-order valence-corrected chi connectivity index (χ1v) is 13.1. The molecule has 0 saturated heterocycles. The summed E-state index contributed by atoms with van der Waals surface area (Å²) in [6.07, 6.45) is 7.77. The zero-order valence-electron chi connectivity index (χ0n) is 20.6. The summed E-state index contributed by atoms with van der Waals surface area (Å²) in [6, 6.07) is 17.3. The van der Waals surface area contributed by atoms with Gasteiger partial charge in [-0.3, -0.25) is 14.4 Å². The quantitative estimate of drug-likeness (QED) is 0.226. The van der Waals surface area contributed by atoms with Crippen LogP contribution in [-0.4, -0.2) is 35.5 Å². The van der Waals surface area contributed by atoms with Gasteiger partial charge in [0.1, 0.15) is 0 Å². The maximum absolute atomic E-state index is 12.8. The van der Waals surface area contributed by atoms with Gasteiger partial charge in [-0.25, -0.2) is 0 Å². The maximum atomic E-state index is 12.8. The van der Waals surface area contributed by atoms with E-state index in [4.69, 9.17) is 17.0 Å². The molecule has 0 atom stereocenters. The Hall–Kier alpha value is -3.26. The minimum Gasteiger partial charge on any atom is -0.466 e. The summed E-state index contributed by atoms with van der Waals surface area (Å²) < 4.78 is 5.25. The Morgan fingerprint density at radius 2 is 1.61 bits per heavy atom. The van der Waals surface area contributed by atoms with Crippen molar-refractivity contribution in [3.8, 4) is 0 Å². The number of hydrogen-bond acceptors (Lipinski definition) is 5. The molecule has 8 heteroatoms. The molecule has 1 fully saturated rings. The number of esters is 1. The van der Waals surface area contributed by atoms with Gasteiger partial charge in [0.05, 0.1) is 17.9 Å². The number of rotatable bonds is 11. The molecule has 1 aliphatic carbocycles. The van der Waals surface area contributed by atoms with Gasteiger partial charge in [-0.15, -0.1) is 0 Å². The van der Waals surface area contributed by atoms with Crippen LogP contribution in [0.2, 0.25) is 0 Å². The fraction of sp³-hybridized carbons (Fsp3) is 0.429. The second-order valence-electron chi connectivity index (χ2n) is 9.02. The van der Waals surface area contributed by atoms with Crippen LogP contribution in [0, 0.1) is 0 Å². The molecule has 0 radical (unpaired) electrons. The number of benzene rings is 2. The van der Waals surface area contributed by atoms with E-state index in [-0.39, 0.29) is 41.8 Å². The zero-order valence-corrected chi connectivity index (χ0v) is 21.4. The van der Waals surface area contributed by atoms with Crippen molar-refractivity contribution in [2.24, 2.45) is 0 Å². The van der Waals surface area contributed by atoms with Crippen LogP contribution in [0.5, 0.6) is 0 Å². The van der Waals surface area contributed by atoms with Gasteiger partial charge in [-0.2, -0.15) is 0 Å². The third kappa shape index (κ3) is 9.77. The molecule has 0 aliphatic heterocycles. The number of carbonyl (C=O) groups excluding carboxylic acids is 3. The molecule has 36 heavy (non-hydrogen) atoms. The molecule has 7 nitrogen and oxygen atoms in total. The highest BCUT2D eigenvalue weighted by Crippen LogP contribution is 2.20. The molecule has 0 spiro atoms. The summed E-state index contributed by atoms with van der Waals surface area (Å²) >= 11 is 5.27. The van der Waals surface area contributed by atoms with E-state index >= 15 is 0 Å². The van der Waals surface area contributed by atoms with Crippen molar-refractivity contribution in [2.45, 2.75) is 70.3 Å². The van der Waals surface area contributed by atoms with E-state index in [1.165, 1.54) is 12.0 Å². The largest absolute Gasteiger partial charge is 0.466 e. The van der Waals surface area contributed by atoms with Gasteiger partial charge in [0.25, 0.3) is 5.91 Å². The monoisotopic (exact) mass is 509 g/mol. The first-order valence-electron chi connectivity index (χ1n) is 12.7. The molecular weight excluding hydrogens is 474 g/mol. The number of anilines is 1. The lowest BCUT2D eigenvalue weighted by atomic mass is 9.95. The molecule has 0 bridgehead atoms. The van der Waals surface area contributed by atoms with E-state index in [1.54, 1.807) is 24.3 Å². The molecule has 3 rings (SSSR count). The Labute approximate surface area is 218 Å². The lowest BCUT2D eigenvalue weighted by Gasteiger charge is -2.23. The topological polar surface area (TPSA) is 96.5 Å². The third-order valence-corrected chi connectivity index (χ3v) is 6.32. The number of amides is 2. The number of hydrogen-bond donors (Lipinski definition) is 3. The normalized spacial score (nSPS) is 13.4. The second kappa shape index (κ2) is 15.0. The zero-order chi connectivity index (χ0) is 25.6. The minimum atomic E-state index is -0.311. The lowest BCUT2D eigenvalue weighted by molar-refractivity contribution is -0.143. The van der Waals surface area contributed by atoms with Gasteiger partial charge >= 0.3 is 5.97 Å². The summed E-state index contributed by atoms with van der Waals surface area (Å²) in [5.41, 5.74) is 2.23. The highest BCUT2D eigenvalue weighted by atomic mass is 32.1. The van der Waals surface area contributed by atoms with Crippen LogP contribution in [-0.2, 0) is 20.7 Å². The van der Waals surface area contributed by atoms with Gasteiger partial charge in [0.2, 0.25) is 5.91 Å². The van der Waals surface area contributed by atoms with E-state index in [9.17, 15) is 14.4 Å². The van der Waals surface area contributed by atoms with Crippen molar-refractivity contribution in [1.82, 2.24) is 10.6 Å². The standard InChI is InChI=1S/C28H35N3O4S/c32-25(18-9-19-26(33)35-20-10-13-21-11-3-1-4-12-21)31-28(36)30-24-17-8-7-16-23(24)27(34)29-22-14-5-2-6-15-22/h1,3-4,7-8,11-12,16-17,22H,2,5-6,9-10,13-15,18-20H2,(H,29,34)(H2,30,31,32,36). The van der Waals surface area contributed by atoms with Crippen LogP contribution >= 0.6 is 12.2 Å². The number of aryl methyl sites for hydroxylation is 1. The molecule has 2 aromatic rings. The Balaban J connectivity index is 1.33. The predicted octanol–water partition coefficient (Wildman–Crippen LogP) is 4.91. The molecule has 3 N–H and O–H groups in total. The van der Waals surface area contributed by atoms with E-state index in [2.05, 4.69) is 16.0 Å². The summed E-state index contributed by atoms with van der Waals surface area (Å²) in [6.45, 7) is 0.363. The van der Waals surface area contributed by atoms with Crippen LogP contribution in [0.1, 0.15) is 73.7 Å². The number of ether oxygens (including phenoxy) is 1. The van der Waals surface area contributed by atoms with Gasteiger partial charge in [-0.1, -0.05) is 61.7 Å². The predicted molar refractivity (Wildman–Crippen MR) is 145 cm³/mol. The number of para-hydroxylation sites is 1. The molecule has 0 aromatic heterocycles. The van der Waals surface area contributed by atoms with Crippen molar-refractivity contribution in [2.75, 3.05) is 11.9 Å². The van der Waals surface area contributed by atoms with E-state index < -0.39 is 0 Å². The van der Waals surface area contributed by atoms with Crippen molar-refractivity contribution in [3.63, 3.8) is 0 Å². The molecule has 2 amide bonds. The van der Waals surface area contributed by atoms with Crippen LogP contribution in [0.3, 0.4) is 0 Å². The van der Waals surface area contributed by atoms with Crippen molar-refractivity contribution < 1.29 is 19.1 Å². The van der Waals surface area contributed by atoms with Crippen LogP contribution in [0.4, 0.5) is 5.69 Å². The molecular formula is C28H35N3O4S. The summed E-state index contributed by atoms with van der Waals surface area (Å²) in [4.78, 5) is 37.0. The first-order chi connectivity index (χ1) is 17.5. The maximum Gasteiger partial charge on any atom is 0.305 e. The molecule has 1 aliphatic rings. The Kier molecular flexibility index (Phi) is 11.4. The Morgan fingerprint density at radius 3 is 2.39 bits per heavy atom. The van der Waals surface area contributed by atoms with Gasteiger partial charge < -0.3 is 20.7 Å². The summed E-state index contributed by atoms with van der Waals surface area (Å²) in [5, 5.41) is 8.78. The molecule has 2 aromatic carbocycles. The van der Waals surface area contributed by atoms with E-state index in [1.807, 2.05) is 30.3 Å². The first kappa shape index (κ1) is 27.3. The number of carbonyl (C=O) groups is 3. The fourth-order valence-corrected chi connectivity index (χ4v) is 4.44. The van der Waals surface area contributed by atoms with E-state index in [0.29, 0.717) is 24.3 Å². The average molecular weight is 510 g/mol. The lowest BCUT2D eigenvalue weighted by Crippen LogP contribution is -2.37. The third-order valence-electron chi connectivity index (χ3n) is 6.11. The van der Waals surface area contributed by atoms with Crippen molar-refractivity contribution in [1.29, 1.82) is 0 Å². The van der Waals surface area contributed by atoms with Crippen LogP contribution in [0.25, 0.3) is 0 Å². The molecule has 192 valence electrons. The highest BCUT2D eigenvalue weighted by Gasteiger charge is 2.19.